The van der Waals surface area contributed by atoms with Gasteiger partial charge in [0.05, 0.1) is 12.1 Å². The summed E-state index contributed by atoms with van der Waals surface area (Å²) in [6.07, 6.45) is 0. The van der Waals surface area contributed by atoms with Crippen molar-refractivity contribution >= 4 is 11.6 Å². The quantitative estimate of drug-likeness (QED) is 0.808. The molecular weight excluding hydrogens is 186 g/mol. The second-order valence-electron chi connectivity index (χ2n) is 2.90. The van der Waals surface area contributed by atoms with Crippen LogP contribution < -0.4 is 10.1 Å². The molecule has 0 spiro atoms. The molecule has 1 rings (SSSR count). The SMILES string of the molecule is CNC(C)c1ccc(OC)c(Cl)c1. The zero-order valence-corrected chi connectivity index (χ0v) is 8.85. The molecule has 0 aliphatic carbocycles. The van der Waals surface area contributed by atoms with Crippen molar-refractivity contribution in [2.45, 2.75) is 13.0 Å². The lowest BCUT2D eigenvalue weighted by atomic mass is 10.1. The van der Waals surface area contributed by atoms with Crippen LogP contribution >= 0.6 is 11.6 Å². The van der Waals surface area contributed by atoms with Gasteiger partial charge in [0.1, 0.15) is 5.75 Å². The number of nitrogens with one attached hydrogen (secondary N) is 1. The Labute approximate surface area is 83.9 Å². The maximum Gasteiger partial charge on any atom is 0.137 e. The molecule has 0 aliphatic rings. The smallest absolute Gasteiger partial charge is 0.137 e. The summed E-state index contributed by atoms with van der Waals surface area (Å²) < 4.78 is 5.06. The van der Waals surface area contributed by atoms with Crippen LogP contribution in [-0.4, -0.2) is 14.2 Å². The lowest BCUT2D eigenvalue weighted by Crippen LogP contribution is -2.12. The van der Waals surface area contributed by atoms with Crippen LogP contribution in [0.1, 0.15) is 18.5 Å². The van der Waals surface area contributed by atoms with Gasteiger partial charge < -0.3 is 10.1 Å². The molecule has 13 heavy (non-hydrogen) atoms. The molecule has 0 radical (unpaired) electrons. The normalized spacial score (nSPS) is 12.6. The van der Waals surface area contributed by atoms with Gasteiger partial charge in [0.15, 0.2) is 0 Å². The minimum Gasteiger partial charge on any atom is -0.495 e. The Balaban J connectivity index is 2.95. The molecule has 0 saturated heterocycles. The van der Waals surface area contributed by atoms with Crippen LogP contribution in [0.15, 0.2) is 18.2 Å². The lowest BCUT2D eigenvalue weighted by Gasteiger charge is -2.12. The van der Waals surface area contributed by atoms with E-state index in [1.165, 1.54) is 0 Å². The molecule has 72 valence electrons. The summed E-state index contributed by atoms with van der Waals surface area (Å²) in [6.45, 7) is 2.08. The van der Waals surface area contributed by atoms with Gasteiger partial charge in [-0.15, -0.1) is 0 Å². The van der Waals surface area contributed by atoms with E-state index in [9.17, 15) is 0 Å². The van der Waals surface area contributed by atoms with Crippen molar-refractivity contribution in [2.24, 2.45) is 0 Å². The molecule has 1 N–H and O–H groups in total. The van der Waals surface area contributed by atoms with E-state index < -0.39 is 0 Å². The van der Waals surface area contributed by atoms with Gasteiger partial charge in [-0.2, -0.15) is 0 Å². The second-order valence-corrected chi connectivity index (χ2v) is 3.31. The van der Waals surface area contributed by atoms with Gasteiger partial charge in [-0.3, -0.25) is 0 Å². The van der Waals surface area contributed by atoms with E-state index in [0.717, 1.165) is 5.56 Å². The van der Waals surface area contributed by atoms with Crippen molar-refractivity contribution in [1.29, 1.82) is 0 Å². The highest BCUT2D eigenvalue weighted by atomic mass is 35.5. The topological polar surface area (TPSA) is 21.3 Å². The monoisotopic (exact) mass is 199 g/mol. The minimum absolute atomic E-state index is 0.309. The molecule has 0 bridgehead atoms. The first kappa shape index (κ1) is 10.4. The van der Waals surface area contributed by atoms with Crippen molar-refractivity contribution in [3.8, 4) is 5.75 Å². The van der Waals surface area contributed by atoms with Crippen molar-refractivity contribution in [1.82, 2.24) is 5.32 Å². The van der Waals surface area contributed by atoms with E-state index >= 15 is 0 Å². The van der Waals surface area contributed by atoms with Crippen LogP contribution in [0.4, 0.5) is 0 Å². The molecule has 0 aromatic heterocycles. The molecule has 0 fully saturated rings. The Morgan fingerprint density at radius 2 is 2.15 bits per heavy atom. The van der Waals surface area contributed by atoms with Gasteiger partial charge in [-0.05, 0) is 31.7 Å². The fourth-order valence-corrected chi connectivity index (χ4v) is 1.38. The number of hydrogen-bond donors (Lipinski definition) is 1. The summed E-state index contributed by atoms with van der Waals surface area (Å²) in [6, 6.07) is 6.11. The fourth-order valence-electron chi connectivity index (χ4n) is 1.12. The molecule has 0 amide bonds. The van der Waals surface area contributed by atoms with Crippen LogP contribution in [0.3, 0.4) is 0 Å². The third-order valence-electron chi connectivity index (χ3n) is 2.11. The van der Waals surface area contributed by atoms with E-state index in [1.54, 1.807) is 7.11 Å². The van der Waals surface area contributed by atoms with Crippen LogP contribution in [0, 0.1) is 0 Å². The highest BCUT2D eigenvalue weighted by molar-refractivity contribution is 6.32. The maximum absolute atomic E-state index is 5.98. The van der Waals surface area contributed by atoms with Crippen LogP contribution in [-0.2, 0) is 0 Å². The molecule has 3 heteroatoms. The zero-order valence-electron chi connectivity index (χ0n) is 8.10. The zero-order chi connectivity index (χ0) is 9.84. The first-order chi connectivity index (χ1) is 6.19. The highest BCUT2D eigenvalue weighted by Crippen LogP contribution is 2.27. The number of hydrogen-bond acceptors (Lipinski definition) is 2. The van der Waals surface area contributed by atoms with Gasteiger partial charge in [0.25, 0.3) is 0 Å². The molecule has 0 saturated carbocycles. The lowest BCUT2D eigenvalue weighted by molar-refractivity contribution is 0.414. The van der Waals surface area contributed by atoms with E-state index in [1.807, 2.05) is 25.2 Å². The van der Waals surface area contributed by atoms with Crippen molar-refractivity contribution < 1.29 is 4.74 Å². The average Bonchev–Trinajstić information content (AvgIpc) is 2.16. The van der Waals surface area contributed by atoms with Gasteiger partial charge in [0.2, 0.25) is 0 Å². The molecular formula is C10H14ClNO. The van der Waals surface area contributed by atoms with Gasteiger partial charge >= 0.3 is 0 Å². The minimum atomic E-state index is 0.309. The van der Waals surface area contributed by atoms with Crippen molar-refractivity contribution in [3.63, 3.8) is 0 Å². The maximum atomic E-state index is 5.98. The Bertz CT molecular complexity index is 288. The van der Waals surface area contributed by atoms with Crippen molar-refractivity contribution in [3.05, 3.63) is 28.8 Å². The summed E-state index contributed by atoms with van der Waals surface area (Å²) in [5, 5.41) is 3.80. The van der Waals surface area contributed by atoms with Crippen LogP contribution in [0.25, 0.3) is 0 Å². The predicted octanol–water partition coefficient (Wildman–Crippen LogP) is 2.63. The molecule has 1 aromatic carbocycles. The summed E-state index contributed by atoms with van der Waals surface area (Å²) >= 11 is 5.98. The molecule has 1 atom stereocenters. The molecule has 1 unspecified atom stereocenters. The van der Waals surface area contributed by atoms with Gasteiger partial charge in [0, 0.05) is 6.04 Å². The molecule has 0 heterocycles. The van der Waals surface area contributed by atoms with Crippen molar-refractivity contribution in [2.75, 3.05) is 14.2 Å². The van der Waals surface area contributed by atoms with Crippen LogP contribution in [0.2, 0.25) is 5.02 Å². The number of benzene rings is 1. The van der Waals surface area contributed by atoms with E-state index in [-0.39, 0.29) is 0 Å². The first-order valence-electron chi connectivity index (χ1n) is 4.19. The standard InChI is InChI=1S/C10H14ClNO/c1-7(12-2)8-4-5-10(13-3)9(11)6-8/h4-7,12H,1-3H3. The highest BCUT2D eigenvalue weighted by Gasteiger charge is 2.05. The van der Waals surface area contributed by atoms with E-state index in [4.69, 9.17) is 16.3 Å². The number of rotatable bonds is 3. The molecule has 0 aliphatic heterocycles. The van der Waals surface area contributed by atoms with Gasteiger partial charge in [-0.1, -0.05) is 17.7 Å². The fraction of sp³-hybridized carbons (Fsp3) is 0.400. The summed E-state index contributed by atoms with van der Waals surface area (Å²) in [5.74, 6) is 0.716. The van der Waals surface area contributed by atoms with Gasteiger partial charge in [-0.25, -0.2) is 0 Å². The third-order valence-corrected chi connectivity index (χ3v) is 2.40. The first-order valence-corrected chi connectivity index (χ1v) is 4.57. The van der Waals surface area contributed by atoms with Crippen LogP contribution in [0.5, 0.6) is 5.75 Å². The van der Waals surface area contributed by atoms with E-state index in [0.29, 0.717) is 16.8 Å². The Kier molecular flexibility index (Phi) is 3.58. The largest absolute Gasteiger partial charge is 0.495 e. The number of halogens is 1. The summed E-state index contributed by atoms with van der Waals surface area (Å²) in [7, 11) is 3.53. The number of methoxy groups -OCH3 is 1. The molecule has 2 nitrogen and oxygen atoms in total. The second kappa shape index (κ2) is 4.49. The Morgan fingerprint density at radius 3 is 2.62 bits per heavy atom. The Morgan fingerprint density at radius 1 is 1.46 bits per heavy atom. The number of ether oxygens (including phenoxy) is 1. The molecule has 1 aromatic rings. The third kappa shape index (κ3) is 2.36. The summed E-state index contributed by atoms with van der Waals surface area (Å²) in [4.78, 5) is 0. The summed E-state index contributed by atoms with van der Waals surface area (Å²) in [5.41, 5.74) is 1.16. The average molecular weight is 200 g/mol. The predicted molar refractivity (Wildman–Crippen MR) is 55.5 cm³/mol. The Hall–Kier alpha value is -0.730. The van der Waals surface area contributed by atoms with E-state index in [2.05, 4.69) is 12.2 Å².